The van der Waals surface area contributed by atoms with E-state index in [1.54, 1.807) is 23.1 Å². The van der Waals surface area contributed by atoms with E-state index >= 15 is 0 Å². The SMILES string of the molecule is NC(=O)c1ccc2c(c1)C(=O)N(Cc1ccccc1)C2. The van der Waals surface area contributed by atoms with Gasteiger partial charge in [-0.1, -0.05) is 36.4 Å². The van der Waals surface area contributed by atoms with Crippen molar-refractivity contribution in [1.82, 2.24) is 4.90 Å². The zero-order chi connectivity index (χ0) is 14.1. The van der Waals surface area contributed by atoms with Crippen LogP contribution in [-0.4, -0.2) is 16.7 Å². The molecule has 0 bridgehead atoms. The third-order valence-electron chi connectivity index (χ3n) is 3.49. The van der Waals surface area contributed by atoms with Crippen LogP contribution in [0.1, 0.15) is 31.8 Å². The molecule has 2 aromatic carbocycles. The standard InChI is InChI=1S/C16H14N2O2/c17-15(19)12-6-7-13-10-18(16(20)14(13)8-12)9-11-4-2-1-3-5-11/h1-8H,9-10H2,(H2,17,19). The Kier molecular flexibility index (Phi) is 2.99. The Hall–Kier alpha value is -2.62. The Morgan fingerprint density at radius 1 is 1.15 bits per heavy atom. The lowest BCUT2D eigenvalue weighted by molar-refractivity contribution is 0.0766. The van der Waals surface area contributed by atoms with Crippen LogP contribution in [0.15, 0.2) is 48.5 Å². The molecule has 0 unspecified atom stereocenters. The topological polar surface area (TPSA) is 63.4 Å². The fraction of sp³-hybridized carbons (Fsp3) is 0.125. The molecule has 0 spiro atoms. The molecular formula is C16H14N2O2. The zero-order valence-corrected chi connectivity index (χ0v) is 10.9. The van der Waals surface area contributed by atoms with Crippen LogP contribution in [0.5, 0.6) is 0 Å². The molecule has 2 N–H and O–H groups in total. The summed E-state index contributed by atoms with van der Waals surface area (Å²) in [6.07, 6.45) is 0. The minimum absolute atomic E-state index is 0.0491. The molecule has 0 aromatic heterocycles. The molecular weight excluding hydrogens is 252 g/mol. The third-order valence-corrected chi connectivity index (χ3v) is 3.49. The van der Waals surface area contributed by atoms with Crippen molar-refractivity contribution in [3.05, 3.63) is 70.8 Å². The Labute approximate surface area is 116 Å². The molecule has 0 fully saturated rings. The van der Waals surface area contributed by atoms with Crippen molar-refractivity contribution < 1.29 is 9.59 Å². The van der Waals surface area contributed by atoms with Crippen molar-refractivity contribution in [3.8, 4) is 0 Å². The van der Waals surface area contributed by atoms with Crippen LogP contribution in [-0.2, 0) is 13.1 Å². The van der Waals surface area contributed by atoms with Gasteiger partial charge in [-0.2, -0.15) is 0 Å². The molecule has 100 valence electrons. The number of primary amides is 1. The average molecular weight is 266 g/mol. The first kappa shape index (κ1) is 12.4. The quantitative estimate of drug-likeness (QED) is 0.922. The third kappa shape index (κ3) is 2.16. The van der Waals surface area contributed by atoms with Crippen LogP contribution in [0.2, 0.25) is 0 Å². The fourth-order valence-corrected chi connectivity index (χ4v) is 2.45. The van der Waals surface area contributed by atoms with Gasteiger partial charge in [0.1, 0.15) is 0 Å². The van der Waals surface area contributed by atoms with Crippen molar-refractivity contribution in [1.29, 1.82) is 0 Å². The van der Waals surface area contributed by atoms with E-state index in [2.05, 4.69) is 0 Å². The molecule has 0 saturated heterocycles. The summed E-state index contributed by atoms with van der Waals surface area (Å²) in [7, 11) is 0. The van der Waals surface area contributed by atoms with Crippen LogP contribution in [0.4, 0.5) is 0 Å². The molecule has 1 heterocycles. The van der Waals surface area contributed by atoms with Gasteiger partial charge in [0.05, 0.1) is 0 Å². The van der Waals surface area contributed by atoms with Gasteiger partial charge in [-0.3, -0.25) is 9.59 Å². The molecule has 1 aliphatic heterocycles. The Morgan fingerprint density at radius 2 is 1.90 bits per heavy atom. The summed E-state index contributed by atoms with van der Waals surface area (Å²) in [5.74, 6) is -0.561. The second-order valence-electron chi connectivity index (χ2n) is 4.88. The van der Waals surface area contributed by atoms with Gasteiger partial charge in [-0.15, -0.1) is 0 Å². The monoisotopic (exact) mass is 266 g/mol. The van der Waals surface area contributed by atoms with Crippen LogP contribution >= 0.6 is 0 Å². The molecule has 2 aromatic rings. The number of nitrogens with zero attached hydrogens (tertiary/aromatic N) is 1. The van der Waals surface area contributed by atoms with E-state index in [0.29, 0.717) is 24.2 Å². The predicted octanol–water partition coefficient (Wildman–Crippen LogP) is 1.94. The maximum Gasteiger partial charge on any atom is 0.254 e. The predicted molar refractivity (Wildman–Crippen MR) is 75.0 cm³/mol. The van der Waals surface area contributed by atoms with Gasteiger partial charge in [-0.25, -0.2) is 0 Å². The van der Waals surface area contributed by atoms with Crippen molar-refractivity contribution in [2.24, 2.45) is 5.73 Å². The van der Waals surface area contributed by atoms with Gasteiger partial charge < -0.3 is 10.6 Å². The molecule has 2 amide bonds. The smallest absolute Gasteiger partial charge is 0.254 e. The van der Waals surface area contributed by atoms with Crippen molar-refractivity contribution in [2.45, 2.75) is 13.1 Å². The largest absolute Gasteiger partial charge is 0.366 e. The Morgan fingerprint density at radius 3 is 2.60 bits per heavy atom. The second kappa shape index (κ2) is 4.81. The highest BCUT2D eigenvalue weighted by atomic mass is 16.2. The van der Waals surface area contributed by atoms with Crippen LogP contribution in [0, 0.1) is 0 Å². The highest BCUT2D eigenvalue weighted by molar-refractivity contribution is 6.01. The molecule has 4 heteroatoms. The van der Waals surface area contributed by atoms with Crippen LogP contribution in [0.25, 0.3) is 0 Å². The number of benzene rings is 2. The van der Waals surface area contributed by atoms with E-state index in [0.717, 1.165) is 11.1 Å². The molecule has 20 heavy (non-hydrogen) atoms. The Bertz CT molecular complexity index is 680. The minimum atomic E-state index is -0.512. The van der Waals surface area contributed by atoms with Gasteiger partial charge in [-0.05, 0) is 23.3 Å². The summed E-state index contributed by atoms with van der Waals surface area (Å²) in [6.45, 7) is 1.14. The van der Waals surface area contributed by atoms with E-state index in [-0.39, 0.29) is 5.91 Å². The lowest BCUT2D eigenvalue weighted by Gasteiger charge is -2.15. The van der Waals surface area contributed by atoms with Crippen LogP contribution < -0.4 is 5.73 Å². The van der Waals surface area contributed by atoms with Gasteiger partial charge in [0.2, 0.25) is 5.91 Å². The molecule has 1 aliphatic rings. The zero-order valence-electron chi connectivity index (χ0n) is 10.9. The highest BCUT2D eigenvalue weighted by Crippen LogP contribution is 2.25. The molecule has 4 nitrogen and oxygen atoms in total. The first-order valence-corrected chi connectivity index (χ1v) is 6.41. The number of hydrogen-bond donors (Lipinski definition) is 1. The fourth-order valence-electron chi connectivity index (χ4n) is 2.45. The van der Waals surface area contributed by atoms with Crippen molar-refractivity contribution in [2.75, 3.05) is 0 Å². The molecule has 0 radical (unpaired) electrons. The van der Waals surface area contributed by atoms with E-state index in [4.69, 9.17) is 5.73 Å². The number of fused-ring (bicyclic) bond motifs is 1. The first-order chi connectivity index (χ1) is 9.65. The van der Waals surface area contributed by atoms with E-state index < -0.39 is 5.91 Å². The normalized spacial score (nSPS) is 13.4. The maximum atomic E-state index is 12.3. The van der Waals surface area contributed by atoms with Gasteiger partial charge in [0.25, 0.3) is 5.91 Å². The molecule has 0 saturated carbocycles. The number of rotatable bonds is 3. The number of amides is 2. The number of nitrogens with two attached hydrogens (primary N) is 1. The number of hydrogen-bond acceptors (Lipinski definition) is 2. The average Bonchev–Trinajstić information content (AvgIpc) is 2.76. The number of carbonyl (C=O) groups excluding carboxylic acids is 2. The number of carbonyl (C=O) groups is 2. The summed E-state index contributed by atoms with van der Waals surface area (Å²) < 4.78 is 0. The Balaban J connectivity index is 1.85. The lowest BCUT2D eigenvalue weighted by atomic mass is 10.1. The first-order valence-electron chi connectivity index (χ1n) is 6.41. The van der Waals surface area contributed by atoms with E-state index in [1.807, 2.05) is 30.3 Å². The molecule has 0 atom stereocenters. The van der Waals surface area contributed by atoms with Crippen molar-refractivity contribution >= 4 is 11.8 Å². The van der Waals surface area contributed by atoms with E-state index in [1.165, 1.54) is 0 Å². The van der Waals surface area contributed by atoms with Gasteiger partial charge in [0.15, 0.2) is 0 Å². The van der Waals surface area contributed by atoms with Gasteiger partial charge >= 0.3 is 0 Å². The summed E-state index contributed by atoms with van der Waals surface area (Å²) in [6, 6.07) is 14.9. The van der Waals surface area contributed by atoms with Gasteiger partial charge in [0, 0.05) is 24.2 Å². The van der Waals surface area contributed by atoms with E-state index in [9.17, 15) is 9.59 Å². The summed E-state index contributed by atoms with van der Waals surface area (Å²) in [5.41, 5.74) is 8.23. The second-order valence-corrected chi connectivity index (χ2v) is 4.88. The van der Waals surface area contributed by atoms with Crippen LogP contribution in [0.3, 0.4) is 0 Å². The summed E-state index contributed by atoms with van der Waals surface area (Å²) >= 11 is 0. The molecule has 0 aliphatic carbocycles. The van der Waals surface area contributed by atoms with Crippen molar-refractivity contribution in [3.63, 3.8) is 0 Å². The maximum absolute atomic E-state index is 12.3. The minimum Gasteiger partial charge on any atom is -0.366 e. The molecule has 3 rings (SSSR count). The lowest BCUT2D eigenvalue weighted by Crippen LogP contribution is -2.23. The highest BCUT2D eigenvalue weighted by Gasteiger charge is 2.27. The summed E-state index contributed by atoms with van der Waals surface area (Å²) in [4.78, 5) is 25.3. The summed E-state index contributed by atoms with van der Waals surface area (Å²) in [5, 5.41) is 0.